The number of hydrogen-bond acceptors (Lipinski definition) is 5. The average molecular weight is 495 g/mol. The van der Waals surface area contributed by atoms with Crippen molar-refractivity contribution < 1.29 is 14.3 Å². The van der Waals surface area contributed by atoms with Crippen molar-refractivity contribution >= 4 is 17.9 Å². The first-order chi connectivity index (χ1) is 17.8. The predicted octanol–water partition coefficient (Wildman–Crippen LogP) is 5.18. The second-order valence-corrected chi connectivity index (χ2v) is 9.01. The van der Waals surface area contributed by atoms with Gasteiger partial charge < -0.3 is 4.74 Å². The quantitative estimate of drug-likeness (QED) is 0.245. The van der Waals surface area contributed by atoms with Crippen LogP contribution >= 0.6 is 0 Å². The maximum Gasteiger partial charge on any atom is 0.271 e. The Balaban J connectivity index is 1.86. The summed E-state index contributed by atoms with van der Waals surface area (Å²) in [6, 6.07) is 17.9. The third-order valence-corrected chi connectivity index (χ3v) is 6.41. The van der Waals surface area contributed by atoms with E-state index in [1.807, 2.05) is 75.5 Å². The lowest BCUT2D eigenvalue weighted by Crippen LogP contribution is -2.43. The van der Waals surface area contributed by atoms with Crippen LogP contribution in [0.15, 0.2) is 71.4 Å². The number of hydrogen-bond donors (Lipinski definition) is 0. The highest BCUT2D eigenvalue weighted by Crippen LogP contribution is 2.32. The second-order valence-electron chi connectivity index (χ2n) is 9.01. The highest BCUT2D eigenvalue weighted by Gasteiger charge is 2.35. The summed E-state index contributed by atoms with van der Waals surface area (Å²) in [4.78, 5) is 27.6. The van der Waals surface area contributed by atoms with E-state index in [4.69, 9.17) is 9.84 Å². The summed E-state index contributed by atoms with van der Waals surface area (Å²) in [6.07, 6.45) is 4.12. The number of ether oxygens (including phenoxy) is 1. The molecule has 0 atom stereocenters. The molecule has 0 aliphatic carbocycles. The van der Waals surface area contributed by atoms with E-state index < -0.39 is 11.8 Å². The Morgan fingerprint density at radius 1 is 1.05 bits per heavy atom. The summed E-state index contributed by atoms with van der Waals surface area (Å²) in [5.41, 5.74) is 6.09. The summed E-state index contributed by atoms with van der Waals surface area (Å²) < 4.78 is 7.15. The predicted molar refractivity (Wildman–Crippen MR) is 143 cm³/mol. The Bertz CT molecular complexity index is 1440. The highest BCUT2D eigenvalue weighted by molar-refractivity contribution is 6.19. The Morgan fingerprint density at radius 2 is 1.81 bits per heavy atom. The summed E-state index contributed by atoms with van der Waals surface area (Å²) in [6.45, 7) is 8.76. The van der Waals surface area contributed by atoms with Crippen molar-refractivity contribution in [2.24, 2.45) is 0 Å². The fraction of sp³-hybridized carbons (Fsp3) is 0.267. The minimum Gasteiger partial charge on any atom is -0.382 e. The smallest absolute Gasteiger partial charge is 0.271 e. The molecule has 188 valence electrons. The van der Waals surface area contributed by atoms with E-state index in [9.17, 15) is 14.9 Å². The maximum absolute atomic E-state index is 13.5. The molecule has 0 radical (unpaired) electrons. The molecule has 1 aliphatic rings. The third kappa shape index (κ3) is 5.30. The molecule has 0 bridgehead atoms. The van der Waals surface area contributed by atoms with Gasteiger partial charge in [0, 0.05) is 42.7 Å². The fourth-order valence-electron chi connectivity index (χ4n) is 4.36. The monoisotopic (exact) mass is 494 g/mol. The molecule has 7 nitrogen and oxygen atoms in total. The van der Waals surface area contributed by atoms with Gasteiger partial charge in [-0.1, -0.05) is 35.9 Å². The van der Waals surface area contributed by atoms with E-state index in [1.165, 1.54) is 0 Å². The van der Waals surface area contributed by atoms with E-state index in [0.717, 1.165) is 38.5 Å². The minimum atomic E-state index is -0.562. The SMILES string of the molecule is CCOCCCN1C(=O)C(C#N)=C(C)/C(=C\c2cn(-c3ccccc3)nc2-c2cc(C)ccc2C)C1=O. The molecule has 7 heteroatoms. The van der Waals surface area contributed by atoms with Crippen LogP contribution in [0.2, 0.25) is 0 Å². The van der Waals surface area contributed by atoms with Crippen molar-refractivity contribution in [2.75, 3.05) is 19.8 Å². The van der Waals surface area contributed by atoms with Crippen LogP contribution in [-0.2, 0) is 14.3 Å². The number of imide groups is 1. The van der Waals surface area contributed by atoms with Gasteiger partial charge in [-0.05, 0) is 69.5 Å². The third-order valence-electron chi connectivity index (χ3n) is 6.41. The zero-order valence-corrected chi connectivity index (χ0v) is 21.6. The van der Waals surface area contributed by atoms with Crippen molar-refractivity contribution in [1.82, 2.24) is 14.7 Å². The van der Waals surface area contributed by atoms with Gasteiger partial charge in [0.25, 0.3) is 11.8 Å². The van der Waals surface area contributed by atoms with E-state index in [1.54, 1.807) is 17.7 Å². The van der Waals surface area contributed by atoms with Gasteiger partial charge in [0.1, 0.15) is 17.3 Å². The molecular formula is C30H30N4O3. The van der Waals surface area contributed by atoms with Gasteiger partial charge in [-0.2, -0.15) is 10.4 Å². The van der Waals surface area contributed by atoms with Crippen molar-refractivity contribution in [2.45, 2.75) is 34.1 Å². The van der Waals surface area contributed by atoms with Crippen LogP contribution in [0, 0.1) is 25.2 Å². The second kappa shape index (κ2) is 11.2. The lowest BCUT2D eigenvalue weighted by atomic mass is 9.92. The van der Waals surface area contributed by atoms with E-state index in [-0.39, 0.29) is 12.1 Å². The zero-order chi connectivity index (χ0) is 26.5. The molecule has 0 saturated heterocycles. The first-order valence-electron chi connectivity index (χ1n) is 12.3. The van der Waals surface area contributed by atoms with Crippen LogP contribution in [0.5, 0.6) is 0 Å². The maximum atomic E-state index is 13.5. The van der Waals surface area contributed by atoms with Gasteiger partial charge in [0.15, 0.2) is 0 Å². The largest absolute Gasteiger partial charge is 0.382 e. The molecule has 0 N–H and O–H groups in total. The highest BCUT2D eigenvalue weighted by atomic mass is 16.5. The molecule has 2 aromatic carbocycles. The van der Waals surface area contributed by atoms with Gasteiger partial charge in [0.05, 0.1) is 5.69 Å². The van der Waals surface area contributed by atoms with Crippen molar-refractivity contribution in [3.63, 3.8) is 0 Å². The van der Waals surface area contributed by atoms with Crippen LogP contribution in [0.25, 0.3) is 23.0 Å². The van der Waals surface area contributed by atoms with Crippen molar-refractivity contribution in [3.8, 4) is 23.0 Å². The molecule has 4 rings (SSSR count). The fourth-order valence-corrected chi connectivity index (χ4v) is 4.36. The lowest BCUT2D eigenvalue weighted by molar-refractivity contribution is -0.140. The van der Waals surface area contributed by atoms with Gasteiger partial charge in [-0.25, -0.2) is 4.68 Å². The van der Waals surface area contributed by atoms with Crippen molar-refractivity contribution in [1.29, 1.82) is 5.26 Å². The molecule has 0 fully saturated rings. The van der Waals surface area contributed by atoms with E-state index in [2.05, 4.69) is 6.07 Å². The van der Waals surface area contributed by atoms with Crippen molar-refractivity contribution in [3.05, 3.63) is 88.1 Å². The number of para-hydroxylation sites is 1. The number of carbonyl (C=O) groups excluding carboxylic acids is 2. The number of aromatic nitrogens is 2. The van der Waals surface area contributed by atoms with Gasteiger partial charge in [0.2, 0.25) is 0 Å². The molecule has 37 heavy (non-hydrogen) atoms. The zero-order valence-electron chi connectivity index (χ0n) is 21.6. The Labute approximate surface area is 217 Å². The average Bonchev–Trinajstić information content (AvgIpc) is 3.32. The van der Waals surface area contributed by atoms with Crippen LogP contribution in [-0.4, -0.2) is 46.3 Å². The molecule has 0 saturated carbocycles. The standard InChI is InChI=1S/C30H30N4O3/c1-5-37-15-9-14-33-29(35)26(22(4)27(18-31)30(33)36)17-23-19-34(24-10-7-6-8-11-24)32-28(23)25-16-20(2)12-13-21(25)3/h6-8,10-13,16-17,19H,5,9,14-15H2,1-4H3/b26-17+. The summed E-state index contributed by atoms with van der Waals surface area (Å²) >= 11 is 0. The normalized spacial score (nSPS) is 15.0. The number of rotatable bonds is 8. The van der Waals surface area contributed by atoms with Gasteiger partial charge in [-0.3, -0.25) is 14.5 Å². The molecule has 2 heterocycles. The number of nitriles is 1. The molecule has 1 aromatic heterocycles. The minimum absolute atomic E-state index is 0.0222. The van der Waals surface area contributed by atoms with E-state index in [0.29, 0.717) is 30.8 Å². The Hall–Kier alpha value is -4.28. The van der Waals surface area contributed by atoms with Crippen LogP contribution < -0.4 is 0 Å². The number of amides is 2. The summed E-state index contributed by atoms with van der Waals surface area (Å²) in [7, 11) is 0. The molecule has 0 spiro atoms. The molecular weight excluding hydrogens is 464 g/mol. The number of nitrogens with zero attached hydrogens (tertiary/aromatic N) is 4. The molecule has 0 unspecified atom stereocenters. The lowest BCUT2D eigenvalue weighted by Gasteiger charge is -2.27. The van der Waals surface area contributed by atoms with Crippen LogP contribution in [0.3, 0.4) is 0 Å². The first-order valence-corrected chi connectivity index (χ1v) is 12.3. The van der Waals surface area contributed by atoms with E-state index >= 15 is 0 Å². The van der Waals surface area contributed by atoms with Crippen LogP contribution in [0.4, 0.5) is 0 Å². The van der Waals surface area contributed by atoms with Crippen LogP contribution in [0.1, 0.15) is 37.0 Å². The number of aryl methyl sites for hydroxylation is 2. The Kier molecular flexibility index (Phi) is 7.80. The molecule has 2 amide bonds. The number of benzene rings is 2. The topological polar surface area (TPSA) is 88.2 Å². The van der Waals surface area contributed by atoms with Gasteiger partial charge in [-0.15, -0.1) is 0 Å². The molecule has 1 aliphatic heterocycles. The summed E-state index contributed by atoms with van der Waals surface area (Å²) in [5, 5.41) is 14.6. The summed E-state index contributed by atoms with van der Waals surface area (Å²) in [5.74, 6) is -0.981. The molecule has 3 aromatic rings. The first kappa shape index (κ1) is 25.8. The Morgan fingerprint density at radius 3 is 2.51 bits per heavy atom. The van der Waals surface area contributed by atoms with Gasteiger partial charge >= 0.3 is 0 Å². The number of carbonyl (C=O) groups is 2.